The summed E-state index contributed by atoms with van der Waals surface area (Å²) < 4.78 is 33.3. The summed E-state index contributed by atoms with van der Waals surface area (Å²) in [6.07, 6.45) is 0. The Balaban J connectivity index is 2.21. The number of carbonyl (C=O) groups is 1. The van der Waals surface area contributed by atoms with Crippen LogP contribution >= 0.6 is 15.9 Å². The normalized spacial score (nSPS) is 11.0. The molecule has 0 radical (unpaired) electrons. The van der Waals surface area contributed by atoms with Crippen LogP contribution in [0.3, 0.4) is 0 Å². The van der Waals surface area contributed by atoms with Gasteiger partial charge in [-0.15, -0.1) is 0 Å². The molecule has 2 aromatic rings. The number of amides is 1. The largest absolute Gasteiger partial charge is 0.484 e. The van der Waals surface area contributed by atoms with Crippen molar-refractivity contribution in [3.05, 3.63) is 52.5 Å². The van der Waals surface area contributed by atoms with Crippen LogP contribution < -0.4 is 14.8 Å². The van der Waals surface area contributed by atoms with Gasteiger partial charge < -0.3 is 10.1 Å². The van der Waals surface area contributed by atoms with E-state index in [2.05, 4.69) is 26.0 Å². The van der Waals surface area contributed by atoms with Crippen LogP contribution in [-0.4, -0.2) is 28.0 Å². The maximum atomic E-state index is 12.5. The fraction of sp³-hybridized carbons (Fsp3) is 0.188. The monoisotopic (exact) mass is 412 g/mol. The summed E-state index contributed by atoms with van der Waals surface area (Å²) in [5.74, 6) is 0.100. The highest BCUT2D eigenvalue weighted by Crippen LogP contribution is 2.29. The van der Waals surface area contributed by atoms with Crippen LogP contribution in [0.5, 0.6) is 5.75 Å². The maximum absolute atomic E-state index is 12.5. The van der Waals surface area contributed by atoms with Crippen molar-refractivity contribution in [2.75, 3.05) is 18.4 Å². The summed E-state index contributed by atoms with van der Waals surface area (Å²) in [5, 5.41) is 2.44. The molecule has 2 aromatic carbocycles. The van der Waals surface area contributed by atoms with Crippen LogP contribution in [0.25, 0.3) is 0 Å². The first-order valence-electron chi connectivity index (χ1n) is 7.04. The van der Waals surface area contributed by atoms with E-state index in [1.165, 1.54) is 25.2 Å². The first-order valence-corrected chi connectivity index (χ1v) is 9.32. The second-order valence-corrected chi connectivity index (χ2v) is 7.56. The van der Waals surface area contributed by atoms with Crippen LogP contribution in [0.4, 0.5) is 5.69 Å². The molecule has 0 aliphatic carbocycles. The molecule has 0 aromatic heterocycles. The van der Waals surface area contributed by atoms with Gasteiger partial charge in [0.2, 0.25) is 0 Å². The molecule has 1 amide bonds. The minimum atomic E-state index is -3.72. The van der Waals surface area contributed by atoms with E-state index < -0.39 is 10.0 Å². The molecule has 0 fully saturated rings. The Bertz CT molecular complexity index is 836. The van der Waals surface area contributed by atoms with E-state index in [-0.39, 0.29) is 17.4 Å². The molecule has 0 saturated carbocycles. The predicted molar refractivity (Wildman–Crippen MR) is 95.7 cm³/mol. The van der Waals surface area contributed by atoms with Crippen molar-refractivity contribution in [3.8, 4) is 5.75 Å². The number of halogens is 1. The molecule has 0 unspecified atom stereocenters. The van der Waals surface area contributed by atoms with E-state index >= 15 is 0 Å². The first-order chi connectivity index (χ1) is 11.3. The number of hydrogen-bond acceptors (Lipinski definition) is 4. The summed E-state index contributed by atoms with van der Waals surface area (Å²) in [7, 11) is -2.21. The Morgan fingerprint density at radius 2 is 1.83 bits per heavy atom. The molecule has 8 heteroatoms. The van der Waals surface area contributed by atoms with Crippen LogP contribution in [0, 0.1) is 6.92 Å². The second-order valence-electron chi connectivity index (χ2n) is 5.02. The van der Waals surface area contributed by atoms with E-state index in [1.807, 2.05) is 6.92 Å². The maximum Gasteiger partial charge on any atom is 0.261 e. The Labute approximate surface area is 149 Å². The molecular weight excluding hydrogens is 396 g/mol. The van der Waals surface area contributed by atoms with Crippen molar-refractivity contribution in [1.82, 2.24) is 5.32 Å². The summed E-state index contributed by atoms with van der Waals surface area (Å²) in [6.45, 7) is 1.73. The number of benzene rings is 2. The number of aryl methyl sites for hydroxylation is 1. The van der Waals surface area contributed by atoms with Crippen molar-refractivity contribution in [2.24, 2.45) is 0 Å². The zero-order chi connectivity index (χ0) is 17.7. The standard InChI is InChI=1S/C16H17BrN2O4S/c1-11-3-6-13(7-4-11)24(21,22)19-15-9-12(5-8-14(15)17)23-10-16(20)18-2/h3-9,19H,10H2,1-2H3,(H,18,20). The summed E-state index contributed by atoms with van der Waals surface area (Å²) in [4.78, 5) is 11.4. The highest BCUT2D eigenvalue weighted by molar-refractivity contribution is 9.10. The van der Waals surface area contributed by atoms with Gasteiger partial charge in [-0.05, 0) is 47.1 Å². The molecule has 128 valence electrons. The highest BCUT2D eigenvalue weighted by atomic mass is 79.9. The lowest BCUT2D eigenvalue weighted by Crippen LogP contribution is -2.24. The number of nitrogens with one attached hydrogen (secondary N) is 2. The zero-order valence-corrected chi connectivity index (χ0v) is 15.6. The van der Waals surface area contributed by atoms with Crippen molar-refractivity contribution in [3.63, 3.8) is 0 Å². The molecule has 24 heavy (non-hydrogen) atoms. The number of sulfonamides is 1. The lowest BCUT2D eigenvalue weighted by Gasteiger charge is -2.12. The van der Waals surface area contributed by atoms with Crippen LogP contribution in [-0.2, 0) is 14.8 Å². The third-order valence-electron chi connectivity index (χ3n) is 3.16. The van der Waals surface area contributed by atoms with E-state index in [9.17, 15) is 13.2 Å². The summed E-state index contributed by atoms with van der Waals surface area (Å²) in [6, 6.07) is 11.3. The number of hydrogen-bond donors (Lipinski definition) is 2. The minimum Gasteiger partial charge on any atom is -0.484 e. The number of ether oxygens (including phenoxy) is 1. The Kier molecular flexibility index (Phi) is 5.84. The molecule has 0 heterocycles. The molecule has 0 aliphatic rings. The lowest BCUT2D eigenvalue weighted by molar-refractivity contribution is -0.122. The van der Waals surface area contributed by atoms with Gasteiger partial charge >= 0.3 is 0 Å². The Hall–Kier alpha value is -2.06. The minimum absolute atomic E-state index is 0.151. The Morgan fingerprint density at radius 1 is 1.17 bits per heavy atom. The van der Waals surface area contributed by atoms with Gasteiger partial charge in [0.15, 0.2) is 6.61 Å². The fourth-order valence-corrected chi connectivity index (χ4v) is 3.36. The molecule has 0 atom stereocenters. The van der Waals surface area contributed by atoms with Gasteiger partial charge in [0, 0.05) is 17.6 Å². The number of anilines is 1. The molecule has 2 rings (SSSR count). The van der Waals surface area contributed by atoms with Crippen LogP contribution in [0.2, 0.25) is 0 Å². The van der Waals surface area contributed by atoms with Crippen LogP contribution in [0.15, 0.2) is 51.8 Å². The molecule has 6 nitrogen and oxygen atoms in total. The predicted octanol–water partition coefficient (Wildman–Crippen LogP) is 2.68. The molecule has 0 saturated heterocycles. The average Bonchev–Trinajstić information content (AvgIpc) is 2.55. The van der Waals surface area contributed by atoms with Crippen molar-refractivity contribution in [2.45, 2.75) is 11.8 Å². The quantitative estimate of drug-likeness (QED) is 0.763. The van der Waals surface area contributed by atoms with Gasteiger partial charge in [-0.25, -0.2) is 8.42 Å². The zero-order valence-electron chi connectivity index (χ0n) is 13.2. The van der Waals surface area contributed by atoms with E-state index in [0.717, 1.165) is 5.56 Å². The van der Waals surface area contributed by atoms with Crippen LogP contribution in [0.1, 0.15) is 5.56 Å². The number of likely N-dealkylation sites (N-methyl/N-ethyl adjacent to an activating group) is 1. The fourth-order valence-electron chi connectivity index (χ4n) is 1.81. The van der Waals surface area contributed by atoms with Gasteiger partial charge in [0.25, 0.3) is 15.9 Å². The molecular formula is C16H17BrN2O4S. The SMILES string of the molecule is CNC(=O)COc1ccc(Br)c(NS(=O)(=O)c2ccc(C)cc2)c1. The topological polar surface area (TPSA) is 84.5 Å². The number of rotatable bonds is 6. The van der Waals surface area contributed by atoms with Crippen molar-refractivity contribution in [1.29, 1.82) is 0 Å². The van der Waals surface area contributed by atoms with Gasteiger partial charge in [0.05, 0.1) is 10.6 Å². The lowest BCUT2D eigenvalue weighted by atomic mass is 10.2. The molecule has 0 bridgehead atoms. The summed E-state index contributed by atoms with van der Waals surface area (Å²) in [5.41, 5.74) is 1.30. The third kappa shape index (κ3) is 4.72. The molecule has 0 aliphatic heterocycles. The van der Waals surface area contributed by atoms with Gasteiger partial charge in [-0.3, -0.25) is 9.52 Å². The third-order valence-corrected chi connectivity index (χ3v) is 5.24. The molecule has 0 spiro atoms. The first kappa shape index (κ1) is 18.3. The number of carbonyl (C=O) groups excluding carboxylic acids is 1. The van der Waals surface area contributed by atoms with Gasteiger partial charge in [0.1, 0.15) is 5.75 Å². The Morgan fingerprint density at radius 3 is 2.46 bits per heavy atom. The van der Waals surface area contributed by atoms with Gasteiger partial charge in [-0.2, -0.15) is 0 Å². The summed E-state index contributed by atoms with van der Waals surface area (Å²) >= 11 is 3.30. The van der Waals surface area contributed by atoms with E-state index in [0.29, 0.717) is 15.9 Å². The molecule has 2 N–H and O–H groups in total. The average molecular weight is 413 g/mol. The second kappa shape index (κ2) is 7.67. The van der Waals surface area contributed by atoms with Crippen molar-refractivity contribution >= 4 is 37.5 Å². The van der Waals surface area contributed by atoms with E-state index in [1.54, 1.807) is 24.3 Å². The smallest absolute Gasteiger partial charge is 0.261 e. The highest BCUT2D eigenvalue weighted by Gasteiger charge is 2.16. The van der Waals surface area contributed by atoms with Gasteiger partial charge in [-0.1, -0.05) is 17.7 Å². The van der Waals surface area contributed by atoms with E-state index in [4.69, 9.17) is 4.74 Å². The van der Waals surface area contributed by atoms with Crippen molar-refractivity contribution < 1.29 is 17.9 Å².